The van der Waals surface area contributed by atoms with E-state index in [0.717, 1.165) is 16.7 Å². The highest BCUT2D eigenvalue weighted by atomic mass is 79.9. The number of thioether (sulfide) groups is 1. The first-order valence-electron chi connectivity index (χ1n) is 10.7. The molecule has 3 aromatic carbocycles. The lowest BCUT2D eigenvalue weighted by Gasteiger charge is -2.13. The number of hydrogen-bond acceptors (Lipinski definition) is 7. The molecule has 0 saturated carbocycles. The van der Waals surface area contributed by atoms with Gasteiger partial charge in [0.25, 0.3) is 11.1 Å². The summed E-state index contributed by atoms with van der Waals surface area (Å²) < 4.78 is 31.0. The van der Waals surface area contributed by atoms with E-state index < -0.39 is 21.3 Å². The molecule has 0 aliphatic carbocycles. The number of anilines is 1. The van der Waals surface area contributed by atoms with Gasteiger partial charge in [0, 0.05) is 12.6 Å². The summed E-state index contributed by atoms with van der Waals surface area (Å²) in [5.74, 6) is -0.717. The Morgan fingerprint density at radius 1 is 1.05 bits per heavy atom. The van der Waals surface area contributed by atoms with Crippen LogP contribution >= 0.6 is 50.9 Å². The molecule has 196 valence electrons. The third-order valence-corrected chi connectivity index (χ3v) is 8.63. The maximum absolute atomic E-state index is 12.9. The highest BCUT2D eigenvalue weighted by Crippen LogP contribution is 2.36. The molecule has 4 rings (SSSR count). The zero-order valence-electron chi connectivity index (χ0n) is 19.4. The summed E-state index contributed by atoms with van der Waals surface area (Å²) in [7, 11) is -4.16. The molecule has 0 unspecified atom stereocenters. The summed E-state index contributed by atoms with van der Waals surface area (Å²) >= 11 is 16.1. The number of imide groups is 1. The SMILES string of the molecule is CC(=O)Nc1ccc(S(=O)(=O)Oc2ccc(/C=C3\SC(=O)N(Cc4ccc(Cl)c(Cl)c4)C3=O)cc2Br)cc1. The van der Waals surface area contributed by atoms with Crippen LogP contribution in [0.15, 0.2) is 74.9 Å². The number of carbonyl (C=O) groups is 3. The molecule has 0 atom stereocenters. The molecular weight excluding hydrogens is 639 g/mol. The number of nitrogens with one attached hydrogen (secondary N) is 1. The Hall–Kier alpha value is -2.83. The molecule has 13 heteroatoms. The Balaban J connectivity index is 1.48. The zero-order valence-corrected chi connectivity index (χ0v) is 24.1. The molecule has 3 aromatic rings. The van der Waals surface area contributed by atoms with E-state index in [0.29, 0.717) is 31.3 Å². The van der Waals surface area contributed by atoms with Gasteiger partial charge in [0.15, 0.2) is 5.75 Å². The van der Waals surface area contributed by atoms with Crippen LogP contribution < -0.4 is 9.50 Å². The third kappa shape index (κ3) is 6.59. The van der Waals surface area contributed by atoms with Crippen LogP contribution in [0.2, 0.25) is 10.0 Å². The summed E-state index contributed by atoms with van der Waals surface area (Å²) in [5.41, 5.74) is 1.64. The molecule has 0 aromatic heterocycles. The number of amides is 3. The van der Waals surface area contributed by atoms with E-state index in [9.17, 15) is 22.8 Å². The van der Waals surface area contributed by atoms with Crippen molar-refractivity contribution in [3.8, 4) is 5.75 Å². The van der Waals surface area contributed by atoms with Gasteiger partial charge in [-0.3, -0.25) is 19.3 Å². The van der Waals surface area contributed by atoms with Crippen LogP contribution in [-0.2, 0) is 26.3 Å². The van der Waals surface area contributed by atoms with E-state index in [-0.39, 0.29) is 28.0 Å². The molecular formula is C25H17BrCl2N2O6S2. The minimum atomic E-state index is -4.16. The van der Waals surface area contributed by atoms with Crippen molar-refractivity contribution in [2.24, 2.45) is 0 Å². The predicted molar refractivity (Wildman–Crippen MR) is 151 cm³/mol. The van der Waals surface area contributed by atoms with E-state index in [2.05, 4.69) is 21.2 Å². The average Bonchev–Trinajstić information content (AvgIpc) is 3.10. The normalized spacial score (nSPS) is 14.7. The van der Waals surface area contributed by atoms with Gasteiger partial charge in [-0.2, -0.15) is 8.42 Å². The Labute approximate surface area is 241 Å². The Kier molecular flexibility index (Phi) is 8.53. The van der Waals surface area contributed by atoms with Crippen LogP contribution in [0, 0.1) is 0 Å². The van der Waals surface area contributed by atoms with Gasteiger partial charge in [0.2, 0.25) is 5.91 Å². The van der Waals surface area contributed by atoms with Crippen LogP contribution in [0.1, 0.15) is 18.1 Å². The monoisotopic (exact) mass is 654 g/mol. The number of carbonyl (C=O) groups excluding carboxylic acids is 3. The summed E-state index contributed by atoms with van der Waals surface area (Å²) in [6.07, 6.45) is 1.53. The molecule has 1 aliphatic rings. The number of nitrogens with zero attached hydrogens (tertiary/aromatic N) is 1. The minimum absolute atomic E-state index is 0.0285. The molecule has 1 fully saturated rings. The predicted octanol–water partition coefficient (Wildman–Crippen LogP) is 6.72. The smallest absolute Gasteiger partial charge is 0.339 e. The van der Waals surface area contributed by atoms with Gasteiger partial charge in [-0.25, -0.2) is 0 Å². The van der Waals surface area contributed by atoms with Gasteiger partial charge in [0.05, 0.1) is 26.0 Å². The molecule has 8 nitrogen and oxygen atoms in total. The fraction of sp³-hybridized carbons (Fsp3) is 0.0800. The molecule has 3 amide bonds. The van der Waals surface area contributed by atoms with Crippen molar-refractivity contribution in [1.29, 1.82) is 0 Å². The molecule has 0 spiro atoms. The van der Waals surface area contributed by atoms with E-state index in [1.54, 1.807) is 30.3 Å². The summed E-state index contributed by atoms with van der Waals surface area (Å²) in [6, 6.07) is 15.0. The fourth-order valence-electron chi connectivity index (χ4n) is 3.36. The van der Waals surface area contributed by atoms with Gasteiger partial charge in [0.1, 0.15) is 4.90 Å². The van der Waals surface area contributed by atoms with Gasteiger partial charge in [-0.15, -0.1) is 0 Å². The maximum atomic E-state index is 12.9. The highest BCUT2D eigenvalue weighted by molar-refractivity contribution is 9.10. The average molecular weight is 656 g/mol. The molecule has 1 heterocycles. The van der Waals surface area contributed by atoms with E-state index in [1.807, 2.05) is 0 Å². The van der Waals surface area contributed by atoms with Gasteiger partial charge in [-0.05, 0) is 93.4 Å². The van der Waals surface area contributed by atoms with Crippen LogP contribution in [-0.4, -0.2) is 30.4 Å². The number of benzene rings is 3. The van der Waals surface area contributed by atoms with Crippen LogP contribution in [0.4, 0.5) is 10.5 Å². The van der Waals surface area contributed by atoms with Crippen molar-refractivity contribution < 1.29 is 27.0 Å². The summed E-state index contributed by atoms with van der Waals surface area (Å²) in [6.45, 7) is 1.39. The molecule has 1 aliphatic heterocycles. The van der Waals surface area contributed by atoms with Crippen molar-refractivity contribution in [3.63, 3.8) is 0 Å². The first-order valence-corrected chi connectivity index (χ1v) is 14.5. The van der Waals surface area contributed by atoms with E-state index in [1.165, 1.54) is 43.3 Å². The summed E-state index contributed by atoms with van der Waals surface area (Å²) in [4.78, 5) is 37.7. The maximum Gasteiger partial charge on any atom is 0.339 e. The third-order valence-electron chi connectivity index (χ3n) is 5.11. The minimum Gasteiger partial charge on any atom is -0.378 e. The van der Waals surface area contributed by atoms with Crippen molar-refractivity contribution in [2.45, 2.75) is 18.4 Å². The lowest BCUT2D eigenvalue weighted by atomic mass is 10.2. The van der Waals surface area contributed by atoms with E-state index in [4.69, 9.17) is 27.4 Å². The number of rotatable bonds is 7. The molecule has 0 radical (unpaired) electrons. The van der Waals surface area contributed by atoms with Crippen molar-refractivity contribution in [2.75, 3.05) is 5.32 Å². The number of halogens is 3. The second kappa shape index (κ2) is 11.5. The van der Waals surface area contributed by atoms with Crippen molar-refractivity contribution >= 4 is 89.8 Å². The second-order valence-electron chi connectivity index (χ2n) is 7.95. The zero-order chi connectivity index (χ0) is 27.6. The van der Waals surface area contributed by atoms with Gasteiger partial charge >= 0.3 is 10.1 Å². The first-order chi connectivity index (χ1) is 17.9. The highest BCUT2D eigenvalue weighted by Gasteiger charge is 2.35. The van der Waals surface area contributed by atoms with Gasteiger partial charge < -0.3 is 9.50 Å². The Morgan fingerprint density at radius 3 is 2.39 bits per heavy atom. The molecule has 1 saturated heterocycles. The quantitative estimate of drug-likeness (QED) is 0.222. The molecule has 1 N–H and O–H groups in total. The van der Waals surface area contributed by atoms with Gasteiger partial charge in [-0.1, -0.05) is 35.3 Å². The van der Waals surface area contributed by atoms with Crippen LogP contribution in [0.5, 0.6) is 5.75 Å². The topological polar surface area (TPSA) is 110 Å². The fourth-order valence-corrected chi connectivity index (χ4v) is 6.05. The molecule has 0 bridgehead atoms. The second-order valence-corrected chi connectivity index (χ2v) is 12.2. The van der Waals surface area contributed by atoms with Crippen molar-refractivity contribution in [3.05, 3.63) is 91.2 Å². The molecule has 38 heavy (non-hydrogen) atoms. The lowest BCUT2D eigenvalue weighted by molar-refractivity contribution is -0.123. The largest absolute Gasteiger partial charge is 0.378 e. The Morgan fingerprint density at radius 2 is 1.76 bits per heavy atom. The Bertz CT molecular complexity index is 1590. The summed E-state index contributed by atoms with van der Waals surface area (Å²) in [5, 5.41) is 2.82. The van der Waals surface area contributed by atoms with Crippen molar-refractivity contribution in [1.82, 2.24) is 4.90 Å². The first kappa shape index (κ1) is 28.2. The standard InChI is InChI=1S/C25H17BrCl2N2O6S2/c1-14(31)29-17-4-6-18(7-5-17)38(34,35)36-22-9-3-15(10-19(22)26)12-23-24(32)30(25(33)37-23)13-16-2-8-20(27)21(28)11-16/h2-12H,13H2,1H3,(H,29,31)/b23-12-. The number of hydrogen-bond donors (Lipinski definition) is 1. The van der Waals surface area contributed by atoms with Crippen LogP contribution in [0.25, 0.3) is 6.08 Å². The van der Waals surface area contributed by atoms with Crippen LogP contribution in [0.3, 0.4) is 0 Å². The lowest BCUT2D eigenvalue weighted by Crippen LogP contribution is -2.27. The van der Waals surface area contributed by atoms with E-state index >= 15 is 0 Å².